The lowest BCUT2D eigenvalue weighted by atomic mass is 10.2. The van der Waals surface area contributed by atoms with Crippen LogP contribution >= 0.6 is 0 Å². The summed E-state index contributed by atoms with van der Waals surface area (Å²) in [7, 11) is -3.36. The van der Waals surface area contributed by atoms with Crippen molar-refractivity contribution in [2.45, 2.75) is 16.7 Å². The van der Waals surface area contributed by atoms with E-state index in [0.717, 1.165) is 4.31 Å². The molecule has 0 unspecified atom stereocenters. The third kappa shape index (κ3) is 5.38. The molecule has 1 amide bonds. The predicted octanol–water partition coefficient (Wildman–Crippen LogP) is 3.31. The first-order valence-corrected chi connectivity index (χ1v) is 13.0. The summed E-state index contributed by atoms with van der Waals surface area (Å²) >= 11 is 0. The molecule has 34 heavy (non-hydrogen) atoms. The Bertz CT molecular complexity index is 1430. The fourth-order valence-electron chi connectivity index (χ4n) is 3.17. The highest BCUT2D eigenvalue weighted by atomic mass is 32.2. The van der Waals surface area contributed by atoms with Gasteiger partial charge in [0.15, 0.2) is 0 Å². The quantitative estimate of drug-likeness (QED) is 0.486. The van der Waals surface area contributed by atoms with E-state index in [4.69, 9.17) is 4.74 Å². The standard InChI is InChI=1S/C23H25N3O6S2/c1-16-14-18(24-23(27)17-8-7-9-19(15-17)34(30,31)26(2)3)12-13-22(16)33(28,29)25-20-10-5-6-11-21(20)32-4/h5-15,25H,1-4H3,(H,24,27). The largest absolute Gasteiger partial charge is 0.495 e. The summed E-state index contributed by atoms with van der Waals surface area (Å²) in [4.78, 5) is 12.7. The molecule has 180 valence electrons. The van der Waals surface area contributed by atoms with Gasteiger partial charge in [0, 0.05) is 25.3 Å². The zero-order valence-corrected chi connectivity index (χ0v) is 20.7. The minimum absolute atomic E-state index is 0.00909. The number of para-hydroxylation sites is 2. The maximum atomic E-state index is 12.9. The lowest BCUT2D eigenvalue weighted by Crippen LogP contribution is -2.22. The van der Waals surface area contributed by atoms with Crippen LogP contribution in [0, 0.1) is 6.92 Å². The fourth-order valence-corrected chi connectivity index (χ4v) is 5.42. The molecule has 0 spiro atoms. The first kappa shape index (κ1) is 25.2. The summed E-state index contributed by atoms with van der Waals surface area (Å²) in [5, 5.41) is 2.67. The van der Waals surface area contributed by atoms with Gasteiger partial charge in [-0.05, 0) is 61.0 Å². The zero-order valence-electron chi connectivity index (χ0n) is 19.1. The number of rotatable bonds is 8. The second-order valence-corrected chi connectivity index (χ2v) is 11.4. The lowest BCUT2D eigenvalue weighted by molar-refractivity contribution is 0.102. The zero-order chi connectivity index (χ0) is 25.1. The van der Waals surface area contributed by atoms with Crippen LogP contribution in [0.4, 0.5) is 11.4 Å². The number of sulfonamides is 2. The van der Waals surface area contributed by atoms with E-state index >= 15 is 0 Å². The molecule has 0 atom stereocenters. The second kappa shape index (κ2) is 9.84. The molecule has 0 aliphatic rings. The average Bonchev–Trinajstić information content (AvgIpc) is 2.79. The SMILES string of the molecule is COc1ccccc1NS(=O)(=O)c1ccc(NC(=O)c2cccc(S(=O)(=O)N(C)C)c2)cc1C. The highest BCUT2D eigenvalue weighted by molar-refractivity contribution is 7.92. The summed E-state index contributed by atoms with van der Waals surface area (Å²) in [5.74, 6) is -0.149. The van der Waals surface area contributed by atoms with Crippen LogP contribution in [0.3, 0.4) is 0 Å². The molecule has 0 bridgehead atoms. The van der Waals surface area contributed by atoms with Crippen molar-refractivity contribution < 1.29 is 26.4 Å². The average molecular weight is 504 g/mol. The number of hydrogen-bond donors (Lipinski definition) is 2. The van der Waals surface area contributed by atoms with Gasteiger partial charge in [0.05, 0.1) is 22.6 Å². The van der Waals surface area contributed by atoms with Gasteiger partial charge in [-0.25, -0.2) is 21.1 Å². The van der Waals surface area contributed by atoms with E-state index in [1.807, 2.05) is 0 Å². The van der Waals surface area contributed by atoms with Crippen LogP contribution in [0.25, 0.3) is 0 Å². The van der Waals surface area contributed by atoms with Crippen molar-refractivity contribution in [1.29, 1.82) is 0 Å². The van der Waals surface area contributed by atoms with Gasteiger partial charge in [0.25, 0.3) is 15.9 Å². The third-order valence-corrected chi connectivity index (χ3v) is 8.29. The summed E-state index contributed by atoms with van der Waals surface area (Å²) in [6.45, 7) is 1.61. The second-order valence-electron chi connectivity index (χ2n) is 7.56. The Hall–Kier alpha value is -3.41. The molecule has 0 aliphatic heterocycles. The van der Waals surface area contributed by atoms with Gasteiger partial charge in [-0.3, -0.25) is 9.52 Å². The Morgan fingerprint density at radius 1 is 0.912 bits per heavy atom. The molecule has 0 heterocycles. The Balaban J connectivity index is 1.82. The van der Waals surface area contributed by atoms with E-state index in [-0.39, 0.29) is 15.4 Å². The van der Waals surface area contributed by atoms with Crippen LogP contribution in [0.2, 0.25) is 0 Å². The summed E-state index contributed by atoms with van der Waals surface area (Å²) in [6, 6.07) is 16.7. The number of ether oxygens (including phenoxy) is 1. The van der Waals surface area contributed by atoms with E-state index in [9.17, 15) is 21.6 Å². The van der Waals surface area contributed by atoms with Crippen molar-refractivity contribution in [2.24, 2.45) is 0 Å². The Labute approximate surface area is 199 Å². The van der Waals surface area contributed by atoms with Gasteiger partial charge in [-0.15, -0.1) is 0 Å². The van der Waals surface area contributed by atoms with Crippen LogP contribution in [0.1, 0.15) is 15.9 Å². The third-order valence-electron chi connectivity index (χ3n) is 4.95. The van der Waals surface area contributed by atoms with Crippen molar-refractivity contribution in [3.05, 3.63) is 77.9 Å². The molecule has 11 heteroatoms. The predicted molar refractivity (Wildman–Crippen MR) is 130 cm³/mol. The van der Waals surface area contributed by atoms with E-state index in [1.165, 1.54) is 63.7 Å². The topological polar surface area (TPSA) is 122 Å². The molecule has 0 aliphatic carbocycles. The maximum Gasteiger partial charge on any atom is 0.262 e. The van der Waals surface area contributed by atoms with E-state index in [1.54, 1.807) is 31.2 Å². The summed E-state index contributed by atoms with van der Waals surface area (Å²) in [6.07, 6.45) is 0. The van der Waals surface area contributed by atoms with E-state index in [0.29, 0.717) is 22.7 Å². The lowest BCUT2D eigenvalue weighted by Gasteiger charge is -2.14. The first-order valence-electron chi connectivity index (χ1n) is 10.1. The van der Waals surface area contributed by atoms with Crippen LogP contribution in [-0.4, -0.2) is 48.3 Å². The number of amides is 1. The molecule has 0 radical (unpaired) electrons. The van der Waals surface area contributed by atoms with Gasteiger partial charge in [-0.2, -0.15) is 0 Å². The van der Waals surface area contributed by atoms with Crippen molar-refractivity contribution >= 4 is 37.3 Å². The summed E-state index contributed by atoms with van der Waals surface area (Å²) in [5.41, 5.74) is 1.22. The van der Waals surface area contributed by atoms with Gasteiger partial charge < -0.3 is 10.1 Å². The smallest absolute Gasteiger partial charge is 0.262 e. The number of anilines is 2. The van der Waals surface area contributed by atoms with E-state index in [2.05, 4.69) is 10.0 Å². The normalized spacial score (nSPS) is 11.8. The van der Waals surface area contributed by atoms with Crippen molar-refractivity contribution in [2.75, 3.05) is 31.2 Å². The molecular weight excluding hydrogens is 478 g/mol. The highest BCUT2D eigenvalue weighted by Gasteiger charge is 2.21. The minimum atomic E-state index is -3.92. The minimum Gasteiger partial charge on any atom is -0.495 e. The molecule has 3 aromatic carbocycles. The molecule has 0 aromatic heterocycles. The Kier molecular flexibility index (Phi) is 7.29. The number of nitrogens with one attached hydrogen (secondary N) is 2. The first-order chi connectivity index (χ1) is 16.0. The van der Waals surface area contributed by atoms with Gasteiger partial charge >= 0.3 is 0 Å². The molecule has 9 nitrogen and oxygen atoms in total. The number of methoxy groups -OCH3 is 1. The van der Waals surface area contributed by atoms with Crippen LogP contribution in [0.15, 0.2) is 76.5 Å². The Morgan fingerprint density at radius 3 is 2.26 bits per heavy atom. The number of hydrogen-bond acceptors (Lipinski definition) is 6. The number of aryl methyl sites for hydroxylation is 1. The molecular formula is C23H25N3O6S2. The molecule has 0 saturated heterocycles. The monoisotopic (exact) mass is 503 g/mol. The number of nitrogens with zero attached hydrogens (tertiary/aromatic N) is 1. The number of carbonyl (C=O) groups is 1. The van der Waals surface area contributed by atoms with Crippen molar-refractivity contribution in [1.82, 2.24) is 4.31 Å². The van der Waals surface area contributed by atoms with Gasteiger partial charge in [-0.1, -0.05) is 18.2 Å². The number of carbonyl (C=O) groups excluding carboxylic acids is 1. The van der Waals surface area contributed by atoms with Gasteiger partial charge in [0.1, 0.15) is 5.75 Å². The van der Waals surface area contributed by atoms with Crippen molar-refractivity contribution in [3.63, 3.8) is 0 Å². The molecule has 2 N–H and O–H groups in total. The summed E-state index contributed by atoms with van der Waals surface area (Å²) < 4.78 is 59.3. The van der Waals surface area contributed by atoms with Crippen LogP contribution < -0.4 is 14.8 Å². The van der Waals surface area contributed by atoms with Gasteiger partial charge in [0.2, 0.25) is 10.0 Å². The Morgan fingerprint density at radius 2 is 1.62 bits per heavy atom. The molecule has 3 aromatic rings. The van der Waals surface area contributed by atoms with Crippen LogP contribution in [0.5, 0.6) is 5.75 Å². The van der Waals surface area contributed by atoms with E-state index < -0.39 is 26.0 Å². The van der Waals surface area contributed by atoms with Crippen molar-refractivity contribution in [3.8, 4) is 5.75 Å². The van der Waals surface area contributed by atoms with Crippen LogP contribution in [-0.2, 0) is 20.0 Å². The maximum absolute atomic E-state index is 12.9. The molecule has 0 saturated carbocycles. The highest BCUT2D eigenvalue weighted by Crippen LogP contribution is 2.28. The fraction of sp³-hybridized carbons (Fsp3) is 0.174. The number of benzene rings is 3. The molecule has 3 rings (SSSR count). The molecule has 0 fully saturated rings.